The minimum absolute atomic E-state index is 0.109. The van der Waals surface area contributed by atoms with E-state index < -0.39 is 17.4 Å². The van der Waals surface area contributed by atoms with Crippen molar-refractivity contribution >= 4 is 16.9 Å². The molecule has 1 heterocycles. The van der Waals surface area contributed by atoms with E-state index in [0.29, 0.717) is 36.3 Å². The van der Waals surface area contributed by atoms with E-state index in [2.05, 4.69) is 6.58 Å². The number of carbonyl (C=O) groups is 1. The predicted octanol–water partition coefficient (Wildman–Crippen LogP) is 9.83. The van der Waals surface area contributed by atoms with Crippen molar-refractivity contribution in [2.45, 2.75) is 96.6 Å². The highest BCUT2D eigenvalue weighted by molar-refractivity contribution is 5.83. The number of hydrogen-bond acceptors (Lipinski definition) is 5. The van der Waals surface area contributed by atoms with E-state index in [-0.39, 0.29) is 22.7 Å². The van der Waals surface area contributed by atoms with Crippen molar-refractivity contribution in [1.29, 1.82) is 0 Å². The Morgan fingerprint density at radius 3 is 2.16 bits per heavy atom. The molecule has 0 bridgehead atoms. The van der Waals surface area contributed by atoms with Gasteiger partial charge in [-0.3, -0.25) is 0 Å². The van der Waals surface area contributed by atoms with Gasteiger partial charge in [-0.25, -0.2) is 9.59 Å². The second kappa shape index (κ2) is 17.5. The van der Waals surface area contributed by atoms with Gasteiger partial charge in [-0.1, -0.05) is 83.4 Å². The van der Waals surface area contributed by atoms with Crippen LogP contribution in [0.15, 0.2) is 64.3 Å². The molecule has 8 heteroatoms. The first-order chi connectivity index (χ1) is 20.7. The second-order valence-corrected chi connectivity index (χ2v) is 10.9. The topological polar surface area (TPSA) is 65.7 Å². The molecule has 0 fully saturated rings. The summed E-state index contributed by atoms with van der Waals surface area (Å²) in [6, 6.07) is 10.7. The third-order valence-corrected chi connectivity index (χ3v) is 7.42. The third-order valence-electron chi connectivity index (χ3n) is 7.42. The van der Waals surface area contributed by atoms with Gasteiger partial charge in [-0.2, -0.15) is 13.2 Å². The Morgan fingerprint density at radius 2 is 1.51 bits per heavy atom. The maximum atomic E-state index is 14.0. The largest absolute Gasteiger partial charge is 0.493 e. The number of alkyl halides is 3. The van der Waals surface area contributed by atoms with E-state index in [4.69, 9.17) is 13.9 Å². The zero-order valence-corrected chi connectivity index (χ0v) is 25.1. The molecule has 3 rings (SSSR count). The van der Waals surface area contributed by atoms with Gasteiger partial charge in [0.05, 0.1) is 24.3 Å². The zero-order chi connectivity index (χ0) is 31.1. The summed E-state index contributed by atoms with van der Waals surface area (Å²) >= 11 is 0. The summed E-state index contributed by atoms with van der Waals surface area (Å²) < 4.78 is 58.2. The Morgan fingerprint density at radius 1 is 0.837 bits per heavy atom. The van der Waals surface area contributed by atoms with E-state index >= 15 is 0 Å². The number of fused-ring (bicyclic) bond motifs is 1. The van der Waals surface area contributed by atoms with Crippen molar-refractivity contribution in [3.05, 3.63) is 76.7 Å². The minimum atomic E-state index is -4.60. The molecular weight excluding hydrogens is 557 g/mol. The number of unbranched alkanes of at least 4 members (excludes halogenated alkanes) is 10. The zero-order valence-electron chi connectivity index (χ0n) is 25.1. The van der Waals surface area contributed by atoms with Gasteiger partial charge in [0.2, 0.25) is 0 Å². The number of hydrogen-bond donors (Lipinski definition) is 0. The summed E-state index contributed by atoms with van der Waals surface area (Å²) in [5, 5.41) is 0.528. The summed E-state index contributed by atoms with van der Waals surface area (Å²) in [6.45, 7) is 6.39. The molecule has 0 radical (unpaired) electrons. The molecule has 0 aliphatic rings. The number of ether oxygens (including phenoxy) is 2. The van der Waals surface area contributed by atoms with Gasteiger partial charge in [0.1, 0.15) is 11.3 Å². The summed E-state index contributed by atoms with van der Waals surface area (Å²) in [5.74, 6) is 0.181. The lowest BCUT2D eigenvalue weighted by molar-refractivity contribution is -0.138. The minimum Gasteiger partial charge on any atom is -0.493 e. The first kappa shape index (κ1) is 33.9. The van der Waals surface area contributed by atoms with Gasteiger partial charge in [0.25, 0.3) is 0 Å². The van der Waals surface area contributed by atoms with Crippen LogP contribution in [0.5, 0.6) is 5.75 Å². The van der Waals surface area contributed by atoms with Crippen LogP contribution >= 0.6 is 0 Å². The van der Waals surface area contributed by atoms with Gasteiger partial charge in [-0.05, 0) is 55.5 Å². The van der Waals surface area contributed by atoms with Gasteiger partial charge in [-0.15, -0.1) is 0 Å². The monoisotopic (exact) mass is 600 g/mol. The van der Waals surface area contributed by atoms with Gasteiger partial charge >= 0.3 is 17.8 Å². The van der Waals surface area contributed by atoms with Crippen LogP contribution in [-0.2, 0) is 22.1 Å². The molecule has 234 valence electrons. The lowest BCUT2D eigenvalue weighted by Crippen LogP contribution is -2.12. The normalized spacial score (nSPS) is 11.5. The highest BCUT2D eigenvalue weighted by Gasteiger charge is 2.34. The lowest BCUT2D eigenvalue weighted by Gasteiger charge is -2.15. The number of aryl methyl sites for hydroxylation is 1. The SMILES string of the molecule is C=CC(=O)OCCCCCCCCCCCOc1ccc2cc(-c3ccc(CCCCC)cc3C(F)(F)F)c(=O)oc2c1. The Kier molecular flexibility index (Phi) is 13.8. The Bertz CT molecular complexity index is 1380. The number of rotatable bonds is 19. The standard InChI is InChI=1S/C35H43F3O5/c1-3-5-13-16-26-17-20-29(31(23-26)35(36,37)38)30-24-27-18-19-28(25-32(27)43-34(30)40)41-21-14-11-9-7-6-8-10-12-15-22-42-33(39)4-2/h4,17-20,23-25H,2-3,5-16,21-22H2,1H3. The molecule has 0 saturated heterocycles. The third kappa shape index (κ3) is 11.2. The molecule has 0 unspecified atom stereocenters. The molecule has 1 aromatic heterocycles. The van der Waals surface area contributed by atoms with Crippen LogP contribution in [0.25, 0.3) is 22.1 Å². The van der Waals surface area contributed by atoms with Crippen LogP contribution < -0.4 is 10.4 Å². The molecule has 0 aliphatic heterocycles. The summed E-state index contributed by atoms with van der Waals surface area (Å²) in [4.78, 5) is 23.8. The summed E-state index contributed by atoms with van der Waals surface area (Å²) in [5.41, 5.74) is -1.04. The molecule has 0 spiro atoms. The van der Waals surface area contributed by atoms with E-state index in [1.807, 2.05) is 6.92 Å². The van der Waals surface area contributed by atoms with E-state index in [9.17, 15) is 22.8 Å². The fourth-order valence-corrected chi connectivity index (χ4v) is 5.03. The molecule has 0 amide bonds. The smallest absolute Gasteiger partial charge is 0.417 e. The van der Waals surface area contributed by atoms with Crippen LogP contribution in [0.3, 0.4) is 0 Å². The number of halogens is 3. The highest BCUT2D eigenvalue weighted by Crippen LogP contribution is 2.38. The fraction of sp³-hybridized carbons (Fsp3) is 0.486. The molecule has 3 aromatic rings. The summed E-state index contributed by atoms with van der Waals surface area (Å²) in [7, 11) is 0. The number of esters is 1. The number of carbonyl (C=O) groups excluding carboxylic acids is 1. The Balaban J connectivity index is 1.47. The summed E-state index contributed by atoms with van der Waals surface area (Å²) in [6.07, 6.45) is 9.50. The van der Waals surface area contributed by atoms with Crippen LogP contribution in [0.1, 0.15) is 95.1 Å². The van der Waals surface area contributed by atoms with Gasteiger partial charge in [0, 0.05) is 23.1 Å². The molecule has 0 saturated carbocycles. The van der Waals surface area contributed by atoms with Crippen molar-refractivity contribution in [3.8, 4) is 16.9 Å². The average molecular weight is 601 g/mol. The quantitative estimate of drug-likeness (QED) is 0.0593. The average Bonchev–Trinajstić information content (AvgIpc) is 2.98. The Labute approximate surface area is 252 Å². The van der Waals surface area contributed by atoms with Crippen LogP contribution in [0.4, 0.5) is 13.2 Å². The van der Waals surface area contributed by atoms with Crippen LogP contribution in [0.2, 0.25) is 0 Å². The van der Waals surface area contributed by atoms with Crippen LogP contribution in [-0.4, -0.2) is 19.2 Å². The maximum Gasteiger partial charge on any atom is 0.417 e. The van der Waals surface area contributed by atoms with E-state index in [1.54, 1.807) is 24.3 Å². The van der Waals surface area contributed by atoms with Crippen molar-refractivity contribution in [2.75, 3.05) is 13.2 Å². The second-order valence-electron chi connectivity index (χ2n) is 10.9. The molecule has 0 atom stereocenters. The fourth-order valence-electron chi connectivity index (χ4n) is 5.03. The molecule has 2 aromatic carbocycles. The molecule has 43 heavy (non-hydrogen) atoms. The van der Waals surface area contributed by atoms with Crippen molar-refractivity contribution in [2.24, 2.45) is 0 Å². The van der Waals surface area contributed by atoms with Crippen molar-refractivity contribution in [3.63, 3.8) is 0 Å². The van der Waals surface area contributed by atoms with Gasteiger partial charge in [0.15, 0.2) is 0 Å². The molecular formula is C35H43F3O5. The molecule has 0 aliphatic carbocycles. The van der Waals surface area contributed by atoms with E-state index in [0.717, 1.165) is 76.7 Å². The van der Waals surface area contributed by atoms with Crippen LogP contribution in [0, 0.1) is 0 Å². The highest BCUT2D eigenvalue weighted by atomic mass is 19.4. The number of benzene rings is 2. The van der Waals surface area contributed by atoms with Crippen molar-refractivity contribution in [1.82, 2.24) is 0 Å². The first-order valence-electron chi connectivity index (χ1n) is 15.4. The van der Waals surface area contributed by atoms with Crippen molar-refractivity contribution < 1.29 is 31.9 Å². The van der Waals surface area contributed by atoms with Gasteiger partial charge < -0.3 is 13.9 Å². The molecule has 0 N–H and O–H groups in total. The predicted molar refractivity (Wildman–Crippen MR) is 164 cm³/mol. The Hall–Kier alpha value is -3.55. The maximum absolute atomic E-state index is 14.0. The first-order valence-corrected chi connectivity index (χ1v) is 15.4. The van der Waals surface area contributed by atoms with E-state index in [1.165, 1.54) is 24.6 Å². The lowest BCUT2D eigenvalue weighted by atomic mass is 9.95. The molecule has 5 nitrogen and oxygen atoms in total.